The van der Waals surface area contributed by atoms with Crippen molar-refractivity contribution in [1.82, 2.24) is 5.32 Å². The summed E-state index contributed by atoms with van der Waals surface area (Å²) in [5.74, 6) is 0. The Hall–Kier alpha value is -1.33. The fourth-order valence-electron chi connectivity index (χ4n) is 2.82. The Balaban J connectivity index is 0.00000120. The van der Waals surface area contributed by atoms with Crippen LogP contribution in [0, 0.1) is 10.1 Å². The molecule has 0 bridgehead atoms. The van der Waals surface area contributed by atoms with Crippen LogP contribution in [0.2, 0.25) is 0 Å². The number of nitro groups is 1. The highest BCUT2D eigenvalue weighted by molar-refractivity contribution is 5.85. The van der Waals surface area contributed by atoms with Crippen molar-refractivity contribution < 1.29 is 4.92 Å². The molecule has 6 heteroatoms. The number of nitrogens with zero attached hydrogens (tertiary/aromatic N) is 2. The van der Waals surface area contributed by atoms with Crippen molar-refractivity contribution in [2.75, 3.05) is 24.5 Å². The maximum absolute atomic E-state index is 10.7. The quantitative estimate of drug-likeness (QED) is 0.623. The molecule has 5 nitrogen and oxygen atoms in total. The van der Waals surface area contributed by atoms with E-state index in [1.807, 2.05) is 6.07 Å². The first-order chi connectivity index (χ1) is 8.25. The Bertz CT molecular complexity index is 467. The van der Waals surface area contributed by atoms with Gasteiger partial charge in [-0.25, -0.2) is 0 Å². The number of hydrogen-bond donors (Lipinski definition) is 1. The zero-order valence-electron chi connectivity index (χ0n) is 9.96. The number of nitrogens with one attached hydrogen (secondary N) is 1. The Morgan fingerprint density at radius 2 is 2.28 bits per heavy atom. The van der Waals surface area contributed by atoms with Gasteiger partial charge in [-0.05, 0) is 31.0 Å². The fourth-order valence-corrected chi connectivity index (χ4v) is 2.82. The fraction of sp³-hybridized carbons (Fsp3) is 0.500. The largest absolute Gasteiger partial charge is 0.367 e. The molecular formula is C12H16ClN3O2. The smallest absolute Gasteiger partial charge is 0.269 e. The predicted octanol–water partition coefficient (Wildman–Crippen LogP) is 1.74. The van der Waals surface area contributed by atoms with Crippen molar-refractivity contribution in [1.29, 1.82) is 0 Å². The summed E-state index contributed by atoms with van der Waals surface area (Å²) in [5.41, 5.74) is 2.51. The highest BCUT2D eigenvalue weighted by Crippen LogP contribution is 2.35. The lowest BCUT2D eigenvalue weighted by atomic mass is 10.1. The highest BCUT2D eigenvalue weighted by Gasteiger charge is 2.31. The number of fused-ring (bicyclic) bond motifs is 3. The molecule has 98 valence electrons. The lowest BCUT2D eigenvalue weighted by Crippen LogP contribution is -2.36. The van der Waals surface area contributed by atoms with Crippen LogP contribution in [0.3, 0.4) is 0 Å². The van der Waals surface area contributed by atoms with Gasteiger partial charge in [0.1, 0.15) is 0 Å². The van der Waals surface area contributed by atoms with Gasteiger partial charge in [0.15, 0.2) is 0 Å². The van der Waals surface area contributed by atoms with Gasteiger partial charge >= 0.3 is 0 Å². The molecule has 0 spiro atoms. The number of rotatable bonds is 1. The summed E-state index contributed by atoms with van der Waals surface area (Å²) in [6, 6.07) is 5.71. The van der Waals surface area contributed by atoms with E-state index in [2.05, 4.69) is 10.2 Å². The predicted molar refractivity (Wildman–Crippen MR) is 72.7 cm³/mol. The van der Waals surface area contributed by atoms with E-state index in [4.69, 9.17) is 0 Å². The topological polar surface area (TPSA) is 58.4 Å². The van der Waals surface area contributed by atoms with Crippen molar-refractivity contribution >= 4 is 23.8 Å². The molecule has 1 saturated heterocycles. The summed E-state index contributed by atoms with van der Waals surface area (Å²) in [7, 11) is 0. The number of hydrogen-bond acceptors (Lipinski definition) is 4. The molecule has 2 aliphatic heterocycles. The van der Waals surface area contributed by atoms with Crippen LogP contribution in [-0.4, -0.2) is 30.6 Å². The van der Waals surface area contributed by atoms with Crippen molar-refractivity contribution in [3.63, 3.8) is 0 Å². The molecule has 18 heavy (non-hydrogen) atoms. The molecule has 0 radical (unpaired) electrons. The first kappa shape index (κ1) is 13.1. The third kappa shape index (κ3) is 2.15. The zero-order chi connectivity index (χ0) is 11.8. The summed E-state index contributed by atoms with van der Waals surface area (Å²) < 4.78 is 0. The molecule has 3 rings (SSSR count). The number of halogens is 1. The molecule has 1 unspecified atom stereocenters. The van der Waals surface area contributed by atoms with Crippen LogP contribution in [-0.2, 0) is 6.42 Å². The van der Waals surface area contributed by atoms with E-state index in [0.29, 0.717) is 6.04 Å². The van der Waals surface area contributed by atoms with Crippen molar-refractivity contribution in [3.05, 3.63) is 33.9 Å². The summed E-state index contributed by atoms with van der Waals surface area (Å²) in [4.78, 5) is 12.8. The third-order valence-corrected chi connectivity index (χ3v) is 3.61. The summed E-state index contributed by atoms with van der Waals surface area (Å²) in [5, 5.41) is 14.2. The molecule has 1 fully saturated rings. The van der Waals surface area contributed by atoms with Crippen LogP contribution in [0.25, 0.3) is 0 Å². The minimum absolute atomic E-state index is 0. The van der Waals surface area contributed by atoms with E-state index in [1.165, 1.54) is 5.69 Å². The molecule has 1 N–H and O–H groups in total. The maximum atomic E-state index is 10.7. The lowest BCUT2D eigenvalue weighted by Gasteiger charge is -2.24. The van der Waals surface area contributed by atoms with E-state index in [1.54, 1.807) is 12.1 Å². The number of non-ortho nitro benzene ring substituents is 1. The second-order valence-electron chi connectivity index (χ2n) is 4.68. The normalized spacial score (nSPS) is 21.6. The van der Waals surface area contributed by atoms with E-state index < -0.39 is 0 Å². The van der Waals surface area contributed by atoms with Crippen molar-refractivity contribution in [2.45, 2.75) is 18.9 Å². The van der Waals surface area contributed by atoms with Gasteiger partial charge < -0.3 is 10.2 Å². The Morgan fingerprint density at radius 3 is 3.06 bits per heavy atom. The Kier molecular flexibility index (Phi) is 3.73. The molecule has 1 aromatic carbocycles. The molecule has 2 heterocycles. The van der Waals surface area contributed by atoms with Gasteiger partial charge in [0, 0.05) is 37.0 Å². The van der Waals surface area contributed by atoms with Crippen molar-refractivity contribution in [3.8, 4) is 0 Å². The van der Waals surface area contributed by atoms with Crippen LogP contribution in [0.5, 0.6) is 0 Å². The number of nitro benzene ring substituents is 1. The molecule has 1 aromatic rings. The molecule has 0 saturated carbocycles. The molecule has 0 aliphatic carbocycles. The van der Waals surface area contributed by atoms with E-state index in [9.17, 15) is 10.1 Å². The van der Waals surface area contributed by atoms with Gasteiger partial charge in [-0.2, -0.15) is 0 Å². The molecule has 0 amide bonds. The van der Waals surface area contributed by atoms with Gasteiger partial charge in [-0.15, -0.1) is 12.4 Å². The van der Waals surface area contributed by atoms with E-state index >= 15 is 0 Å². The van der Waals surface area contributed by atoms with Crippen LogP contribution < -0.4 is 10.2 Å². The zero-order valence-corrected chi connectivity index (χ0v) is 10.8. The van der Waals surface area contributed by atoms with Gasteiger partial charge in [-0.3, -0.25) is 10.1 Å². The van der Waals surface area contributed by atoms with Crippen LogP contribution in [0.1, 0.15) is 12.0 Å². The minimum atomic E-state index is -0.317. The number of anilines is 1. The Morgan fingerprint density at radius 1 is 1.44 bits per heavy atom. The molecule has 0 aromatic heterocycles. The van der Waals surface area contributed by atoms with Gasteiger partial charge in [0.2, 0.25) is 0 Å². The molecule has 1 atom stereocenters. The van der Waals surface area contributed by atoms with E-state index in [0.717, 1.165) is 38.0 Å². The van der Waals surface area contributed by atoms with Crippen LogP contribution in [0.4, 0.5) is 11.4 Å². The molecular weight excluding hydrogens is 254 g/mol. The second kappa shape index (κ2) is 5.12. The maximum Gasteiger partial charge on any atom is 0.269 e. The lowest BCUT2D eigenvalue weighted by molar-refractivity contribution is -0.384. The standard InChI is InChI=1S/C12H15N3O2.ClH/c16-15(17)10-2-3-12-9(6-10)7-11-8-13-4-1-5-14(11)12;/h2-3,6,11,13H,1,4-5,7-8H2;1H. The summed E-state index contributed by atoms with van der Waals surface area (Å²) in [6.07, 6.45) is 2.05. The first-order valence-corrected chi connectivity index (χ1v) is 6.00. The van der Waals surface area contributed by atoms with Gasteiger partial charge in [0.05, 0.1) is 4.92 Å². The average molecular weight is 270 g/mol. The first-order valence-electron chi connectivity index (χ1n) is 6.00. The van der Waals surface area contributed by atoms with Gasteiger partial charge in [0.25, 0.3) is 5.69 Å². The Labute approximate surface area is 112 Å². The third-order valence-electron chi connectivity index (χ3n) is 3.61. The second-order valence-corrected chi connectivity index (χ2v) is 4.68. The van der Waals surface area contributed by atoms with Crippen molar-refractivity contribution in [2.24, 2.45) is 0 Å². The monoisotopic (exact) mass is 269 g/mol. The minimum Gasteiger partial charge on any atom is -0.367 e. The van der Waals surface area contributed by atoms with E-state index in [-0.39, 0.29) is 23.0 Å². The number of benzene rings is 1. The SMILES string of the molecule is Cl.O=[N+]([O-])c1ccc2c(c1)CC1CNCCCN21. The van der Waals surface area contributed by atoms with Crippen LogP contribution in [0.15, 0.2) is 18.2 Å². The van der Waals surface area contributed by atoms with Gasteiger partial charge in [-0.1, -0.05) is 0 Å². The summed E-state index contributed by atoms with van der Waals surface area (Å²) >= 11 is 0. The summed E-state index contributed by atoms with van der Waals surface area (Å²) in [6.45, 7) is 3.08. The molecule has 2 aliphatic rings. The highest BCUT2D eigenvalue weighted by atomic mass is 35.5. The average Bonchev–Trinajstić information content (AvgIpc) is 2.50. The van der Waals surface area contributed by atoms with Crippen LogP contribution >= 0.6 is 12.4 Å².